The number of nitrogens with one attached hydrogen (secondary N) is 1. The van der Waals surface area contributed by atoms with Gasteiger partial charge in [0.05, 0.1) is 6.10 Å². The highest BCUT2D eigenvalue weighted by molar-refractivity contribution is 6.32. The summed E-state index contributed by atoms with van der Waals surface area (Å²) in [4.78, 5) is 15.4. The Bertz CT molecular complexity index is 409. The number of likely N-dealkylation sites (N-methyl/N-ethyl adjacent to an activating group) is 1. The number of hydrogen-bond donors (Lipinski definition) is 2. The summed E-state index contributed by atoms with van der Waals surface area (Å²) >= 11 is 11.4. The van der Waals surface area contributed by atoms with Crippen molar-refractivity contribution in [2.45, 2.75) is 25.7 Å². The third-order valence-corrected chi connectivity index (χ3v) is 2.64. The molecule has 0 spiro atoms. The predicted molar refractivity (Wildman–Crippen MR) is 75.8 cm³/mol. The van der Waals surface area contributed by atoms with Crippen LogP contribution in [0.2, 0.25) is 10.3 Å². The van der Waals surface area contributed by atoms with Crippen LogP contribution in [0.25, 0.3) is 0 Å². The number of aliphatic hydroxyl groups is 1. The number of carbonyl (C=O) groups excluding carboxylic acids is 1. The minimum absolute atomic E-state index is 0. The number of ether oxygens (including phenoxy) is 1. The third-order valence-electron chi connectivity index (χ3n) is 2.25. The van der Waals surface area contributed by atoms with Crippen molar-refractivity contribution in [3.63, 3.8) is 0 Å². The van der Waals surface area contributed by atoms with Crippen molar-refractivity contribution in [3.8, 4) is 0 Å². The fraction of sp³-hybridized carbons (Fsp3) is 0.455. The van der Waals surface area contributed by atoms with Gasteiger partial charge in [0.25, 0.3) is 0 Å². The van der Waals surface area contributed by atoms with Crippen LogP contribution in [0.1, 0.15) is 12.5 Å². The third kappa shape index (κ3) is 5.93. The van der Waals surface area contributed by atoms with E-state index in [0.717, 1.165) is 0 Å². The van der Waals surface area contributed by atoms with E-state index < -0.39 is 18.1 Å². The summed E-state index contributed by atoms with van der Waals surface area (Å²) in [6, 6.07) is 2.34. The molecule has 19 heavy (non-hydrogen) atoms. The lowest BCUT2D eigenvalue weighted by Crippen LogP contribution is -2.43. The molecule has 5 nitrogen and oxygen atoms in total. The smallest absolute Gasteiger partial charge is 0.326 e. The summed E-state index contributed by atoms with van der Waals surface area (Å²) in [5.41, 5.74) is 0.633. The van der Waals surface area contributed by atoms with Crippen molar-refractivity contribution in [1.29, 1.82) is 0 Å². The number of carbonyl (C=O) groups is 1. The number of esters is 1. The van der Waals surface area contributed by atoms with Crippen LogP contribution in [-0.4, -0.2) is 35.3 Å². The van der Waals surface area contributed by atoms with Crippen LogP contribution in [0.15, 0.2) is 12.1 Å². The van der Waals surface area contributed by atoms with Gasteiger partial charge in [-0.1, -0.05) is 23.2 Å². The average Bonchev–Trinajstić information content (AvgIpc) is 2.25. The van der Waals surface area contributed by atoms with Gasteiger partial charge in [0, 0.05) is 0 Å². The lowest BCUT2D eigenvalue weighted by Gasteiger charge is -2.17. The Kier molecular flexibility index (Phi) is 8.29. The largest absolute Gasteiger partial charge is 0.460 e. The molecule has 0 bridgehead atoms. The molecule has 0 aromatic carbocycles. The van der Waals surface area contributed by atoms with Crippen molar-refractivity contribution < 1.29 is 14.6 Å². The molecule has 0 radical (unpaired) electrons. The Morgan fingerprint density at radius 3 is 2.42 bits per heavy atom. The van der Waals surface area contributed by atoms with Crippen LogP contribution in [0.5, 0.6) is 0 Å². The van der Waals surface area contributed by atoms with E-state index in [1.165, 1.54) is 6.92 Å². The maximum Gasteiger partial charge on any atom is 0.326 e. The molecule has 0 amide bonds. The molecule has 2 N–H and O–H groups in total. The van der Waals surface area contributed by atoms with Gasteiger partial charge in [-0.15, -0.1) is 12.4 Å². The molecule has 8 heteroatoms. The number of aliphatic hydroxyl groups excluding tert-OH is 1. The van der Waals surface area contributed by atoms with Crippen molar-refractivity contribution in [1.82, 2.24) is 10.3 Å². The van der Waals surface area contributed by atoms with Crippen LogP contribution in [0.4, 0.5) is 0 Å². The number of aromatic nitrogens is 1. The van der Waals surface area contributed by atoms with Crippen LogP contribution < -0.4 is 5.32 Å². The van der Waals surface area contributed by atoms with E-state index in [-0.39, 0.29) is 29.3 Å². The second-order valence-electron chi connectivity index (χ2n) is 3.74. The topological polar surface area (TPSA) is 71.5 Å². The van der Waals surface area contributed by atoms with E-state index in [4.69, 9.17) is 27.9 Å². The van der Waals surface area contributed by atoms with Gasteiger partial charge in [-0.25, -0.2) is 4.98 Å². The van der Waals surface area contributed by atoms with Crippen LogP contribution >= 0.6 is 35.6 Å². The number of pyridine rings is 1. The summed E-state index contributed by atoms with van der Waals surface area (Å²) in [7, 11) is 1.57. The Hall–Kier alpha value is -0.590. The van der Waals surface area contributed by atoms with Crippen molar-refractivity contribution in [3.05, 3.63) is 28.0 Å². The molecule has 0 aliphatic rings. The van der Waals surface area contributed by atoms with Crippen molar-refractivity contribution in [2.75, 3.05) is 7.05 Å². The molecule has 0 saturated carbocycles. The summed E-state index contributed by atoms with van der Waals surface area (Å²) < 4.78 is 5.05. The summed E-state index contributed by atoms with van der Waals surface area (Å²) in [6.07, 6.45) is -0.841. The molecule has 1 heterocycles. The number of nitrogens with zero attached hydrogens (tertiary/aromatic N) is 1. The quantitative estimate of drug-likeness (QED) is 0.637. The number of hydrogen-bond acceptors (Lipinski definition) is 5. The van der Waals surface area contributed by atoms with Crippen molar-refractivity contribution >= 4 is 41.6 Å². The minimum atomic E-state index is -0.841. The zero-order chi connectivity index (χ0) is 13.7. The van der Waals surface area contributed by atoms with E-state index in [0.29, 0.717) is 5.56 Å². The van der Waals surface area contributed by atoms with Gasteiger partial charge >= 0.3 is 5.97 Å². The fourth-order valence-corrected chi connectivity index (χ4v) is 1.90. The molecular formula is C11H15Cl3N2O3. The highest BCUT2D eigenvalue weighted by Gasteiger charge is 2.23. The molecule has 0 fully saturated rings. The van der Waals surface area contributed by atoms with E-state index >= 15 is 0 Å². The summed E-state index contributed by atoms with van der Waals surface area (Å²) in [5.74, 6) is -0.545. The molecule has 1 rings (SSSR count). The van der Waals surface area contributed by atoms with Gasteiger partial charge < -0.3 is 15.2 Å². The fourth-order valence-electron chi connectivity index (χ4n) is 1.40. The second-order valence-corrected chi connectivity index (χ2v) is 4.51. The van der Waals surface area contributed by atoms with Crippen molar-refractivity contribution in [2.24, 2.45) is 0 Å². The molecule has 1 aromatic heterocycles. The normalized spacial score (nSPS) is 13.3. The first kappa shape index (κ1) is 18.4. The second kappa shape index (κ2) is 8.55. The van der Waals surface area contributed by atoms with Crippen LogP contribution in [-0.2, 0) is 16.1 Å². The maximum atomic E-state index is 11.6. The summed E-state index contributed by atoms with van der Waals surface area (Å²) in [6.45, 7) is 1.52. The highest BCUT2D eigenvalue weighted by atomic mass is 35.5. The molecule has 1 aromatic rings. The van der Waals surface area contributed by atoms with Gasteiger partial charge in [-0.3, -0.25) is 4.79 Å². The molecule has 0 aliphatic heterocycles. The molecule has 0 saturated heterocycles. The minimum Gasteiger partial charge on any atom is -0.460 e. The Balaban J connectivity index is 0.00000324. The monoisotopic (exact) mass is 328 g/mol. The van der Waals surface area contributed by atoms with E-state index in [9.17, 15) is 9.90 Å². The molecular weight excluding hydrogens is 314 g/mol. The maximum absolute atomic E-state index is 11.6. The zero-order valence-electron chi connectivity index (χ0n) is 10.4. The van der Waals surface area contributed by atoms with Gasteiger partial charge in [-0.05, 0) is 31.7 Å². The molecule has 2 atom stereocenters. The first-order valence-corrected chi connectivity index (χ1v) is 6.03. The van der Waals surface area contributed by atoms with Gasteiger partial charge in [0.1, 0.15) is 23.0 Å². The number of halogens is 3. The molecule has 0 unspecified atom stereocenters. The van der Waals surface area contributed by atoms with Crippen LogP contribution in [0, 0.1) is 0 Å². The van der Waals surface area contributed by atoms with E-state index in [1.54, 1.807) is 19.2 Å². The SMILES string of the molecule is CN[C@H](C(=O)OCc1cc(Cl)nc(Cl)c1)[C@@H](C)O.Cl. The predicted octanol–water partition coefficient (Wildman–Crippen LogP) is 1.82. The molecule has 108 valence electrons. The lowest BCUT2D eigenvalue weighted by molar-refractivity contribution is -0.150. The molecule has 0 aliphatic carbocycles. The Morgan fingerprint density at radius 1 is 1.47 bits per heavy atom. The highest BCUT2D eigenvalue weighted by Crippen LogP contribution is 2.15. The lowest BCUT2D eigenvalue weighted by atomic mass is 10.2. The zero-order valence-corrected chi connectivity index (χ0v) is 12.7. The van der Waals surface area contributed by atoms with Gasteiger partial charge in [0.2, 0.25) is 0 Å². The van der Waals surface area contributed by atoms with Gasteiger partial charge in [0.15, 0.2) is 0 Å². The summed E-state index contributed by atoms with van der Waals surface area (Å²) in [5, 5.41) is 12.5. The Morgan fingerprint density at radius 2 is 2.00 bits per heavy atom. The first-order chi connectivity index (χ1) is 8.43. The first-order valence-electron chi connectivity index (χ1n) is 5.28. The number of rotatable bonds is 5. The average molecular weight is 330 g/mol. The van der Waals surface area contributed by atoms with Gasteiger partial charge in [-0.2, -0.15) is 0 Å². The van der Waals surface area contributed by atoms with E-state index in [2.05, 4.69) is 10.3 Å². The standard InChI is InChI=1S/C11H14Cl2N2O3.ClH/c1-6(16)10(14-2)11(17)18-5-7-3-8(12)15-9(13)4-7;/h3-4,6,10,14,16H,5H2,1-2H3;1H/t6-,10+;/m1./s1. The Labute approximate surface area is 127 Å². The van der Waals surface area contributed by atoms with E-state index in [1.807, 2.05) is 0 Å². The van der Waals surface area contributed by atoms with Crippen LogP contribution in [0.3, 0.4) is 0 Å².